The predicted molar refractivity (Wildman–Crippen MR) is 145 cm³/mol. The molecule has 0 aromatic heterocycles. The lowest BCUT2D eigenvalue weighted by atomic mass is 9.89. The minimum absolute atomic E-state index is 0.115. The third-order valence-electron chi connectivity index (χ3n) is 7.25. The molecule has 0 bridgehead atoms. The monoisotopic (exact) mass is 449 g/mol. The number of allylic oxidation sites excluding steroid dienone is 1. The number of aliphatic imine (C=N–C) groups is 1. The normalized spacial score (nSPS) is 19.6. The zero-order chi connectivity index (χ0) is 24.0. The number of nitrogen functional groups attached to an aromatic ring is 1. The molecule has 3 aromatic carbocycles. The molecule has 2 unspecified atom stereocenters. The Morgan fingerprint density at radius 2 is 1.79 bits per heavy atom. The van der Waals surface area contributed by atoms with E-state index in [2.05, 4.69) is 82.3 Å². The number of fused-ring (bicyclic) bond motifs is 2. The molecule has 0 saturated heterocycles. The van der Waals surface area contributed by atoms with Gasteiger partial charge in [-0.1, -0.05) is 76.2 Å². The van der Waals surface area contributed by atoms with Gasteiger partial charge >= 0.3 is 0 Å². The van der Waals surface area contributed by atoms with Gasteiger partial charge in [0.2, 0.25) is 0 Å². The van der Waals surface area contributed by atoms with Crippen molar-refractivity contribution < 1.29 is 0 Å². The van der Waals surface area contributed by atoms with E-state index in [9.17, 15) is 0 Å². The van der Waals surface area contributed by atoms with Crippen LogP contribution in [0, 0.1) is 17.2 Å². The summed E-state index contributed by atoms with van der Waals surface area (Å²) in [5.74, 6) is 2.17. The van der Waals surface area contributed by atoms with Crippen molar-refractivity contribution >= 4 is 28.4 Å². The van der Waals surface area contributed by atoms with Crippen LogP contribution in [0.15, 0.2) is 59.6 Å². The lowest BCUT2D eigenvalue weighted by Crippen LogP contribution is -2.18. The molecule has 5 rings (SSSR count). The molecule has 3 nitrogen and oxygen atoms in total. The third kappa shape index (κ3) is 4.32. The van der Waals surface area contributed by atoms with Crippen molar-refractivity contribution in [1.82, 2.24) is 0 Å². The molecule has 2 atom stereocenters. The number of nitrogens with zero attached hydrogens (tertiary/aromatic N) is 1. The number of benzene rings is 3. The molecule has 3 N–H and O–H groups in total. The second-order valence-electron chi connectivity index (χ2n) is 10.6. The number of rotatable bonds is 6. The molecule has 1 saturated carbocycles. The lowest BCUT2D eigenvalue weighted by molar-refractivity contribution is 0.836. The average Bonchev–Trinajstić information content (AvgIpc) is 3.62. The predicted octanol–water partition coefficient (Wildman–Crippen LogP) is 7.07. The molecule has 1 aliphatic carbocycles. The Balaban J connectivity index is 1.50. The van der Waals surface area contributed by atoms with Gasteiger partial charge in [-0.25, -0.2) is 0 Å². The molecule has 1 aliphatic heterocycles. The molecular formula is C31H35N3. The van der Waals surface area contributed by atoms with Crippen LogP contribution < -0.4 is 5.73 Å². The van der Waals surface area contributed by atoms with Crippen molar-refractivity contribution in [3.63, 3.8) is 0 Å². The van der Waals surface area contributed by atoms with Crippen LogP contribution in [0.4, 0.5) is 0 Å². The third-order valence-corrected chi connectivity index (χ3v) is 7.25. The summed E-state index contributed by atoms with van der Waals surface area (Å²) in [7, 11) is 0. The molecule has 1 heterocycles. The molecule has 3 heteroatoms. The molecule has 174 valence electrons. The van der Waals surface area contributed by atoms with Crippen LogP contribution in [-0.4, -0.2) is 18.1 Å². The van der Waals surface area contributed by atoms with Gasteiger partial charge in [0.1, 0.15) is 5.84 Å². The van der Waals surface area contributed by atoms with E-state index >= 15 is 0 Å². The number of hydrogen-bond donors (Lipinski definition) is 2. The van der Waals surface area contributed by atoms with E-state index in [4.69, 9.17) is 16.1 Å². The maximum absolute atomic E-state index is 7.85. The summed E-state index contributed by atoms with van der Waals surface area (Å²) in [4.78, 5) is 4.85. The Bertz CT molecular complexity index is 1330. The summed E-state index contributed by atoms with van der Waals surface area (Å²) in [6, 6.07) is 18.0. The van der Waals surface area contributed by atoms with Crippen molar-refractivity contribution in [2.45, 2.75) is 52.4 Å². The lowest BCUT2D eigenvalue weighted by Gasteiger charge is -2.20. The second kappa shape index (κ2) is 8.87. The second-order valence-corrected chi connectivity index (χ2v) is 10.6. The number of nitrogens with one attached hydrogen (secondary N) is 1. The van der Waals surface area contributed by atoms with Gasteiger partial charge < -0.3 is 5.73 Å². The van der Waals surface area contributed by atoms with Crippen molar-refractivity contribution in [2.24, 2.45) is 22.6 Å². The molecule has 0 amide bonds. The molecule has 3 aromatic rings. The van der Waals surface area contributed by atoms with E-state index in [-0.39, 0.29) is 5.84 Å². The molecule has 34 heavy (non-hydrogen) atoms. The highest BCUT2D eigenvalue weighted by atomic mass is 14.8. The number of nitrogens with two attached hydrogens (primary N) is 1. The van der Waals surface area contributed by atoms with E-state index in [1.165, 1.54) is 45.3 Å². The first-order chi connectivity index (χ1) is 16.3. The average molecular weight is 450 g/mol. The molecule has 0 radical (unpaired) electrons. The van der Waals surface area contributed by atoms with Crippen molar-refractivity contribution in [2.75, 3.05) is 6.54 Å². The first kappa shape index (κ1) is 22.6. The molecule has 0 spiro atoms. The minimum Gasteiger partial charge on any atom is -0.384 e. The summed E-state index contributed by atoms with van der Waals surface area (Å²) >= 11 is 0. The minimum atomic E-state index is 0.115. The Hall–Kier alpha value is -3.20. The Morgan fingerprint density at radius 3 is 2.53 bits per heavy atom. The molecule has 2 aliphatic rings. The summed E-state index contributed by atoms with van der Waals surface area (Å²) < 4.78 is 0. The van der Waals surface area contributed by atoms with Gasteiger partial charge in [-0.15, -0.1) is 0 Å². The van der Waals surface area contributed by atoms with Crippen molar-refractivity contribution in [3.8, 4) is 0 Å². The van der Waals surface area contributed by atoms with Crippen LogP contribution >= 0.6 is 0 Å². The van der Waals surface area contributed by atoms with Crippen LogP contribution in [-0.2, 0) is 6.42 Å². The fraction of sp³-hybridized carbons (Fsp3) is 0.355. The van der Waals surface area contributed by atoms with Crippen LogP contribution in [0.5, 0.6) is 0 Å². The number of amidine groups is 1. The van der Waals surface area contributed by atoms with E-state index in [1.54, 1.807) is 0 Å². The van der Waals surface area contributed by atoms with E-state index in [0.717, 1.165) is 23.9 Å². The summed E-state index contributed by atoms with van der Waals surface area (Å²) in [5.41, 5.74) is 14.7. The van der Waals surface area contributed by atoms with Crippen LogP contribution in [0.2, 0.25) is 0 Å². The van der Waals surface area contributed by atoms with Crippen LogP contribution in [0.25, 0.3) is 16.8 Å². The summed E-state index contributed by atoms with van der Waals surface area (Å²) in [6.07, 6.45) is 6.73. The van der Waals surface area contributed by atoms with Gasteiger partial charge in [0.05, 0.1) is 0 Å². The maximum atomic E-state index is 7.85. The van der Waals surface area contributed by atoms with Gasteiger partial charge in [0, 0.05) is 17.8 Å². The van der Waals surface area contributed by atoms with Crippen LogP contribution in [0.3, 0.4) is 0 Å². The van der Waals surface area contributed by atoms with Gasteiger partial charge in [-0.3, -0.25) is 10.4 Å². The fourth-order valence-corrected chi connectivity index (χ4v) is 5.31. The summed E-state index contributed by atoms with van der Waals surface area (Å²) in [5, 5.41) is 10.2. The fourth-order valence-electron chi connectivity index (χ4n) is 5.31. The summed E-state index contributed by atoms with van der Waals surface area (Å²) in [6.45, 7) is 9.82. The van der Waals surface area contributed by atoms with Gasteiger partial charge in [-0.05, 0) is 87.2 Å². The topological polar surface area (TPSA) is 62.2 Å². The van der Waals surface area contributed by atoms with Crippen molar-refractivity contribution in [1.29, 1.82) is 5.41 Å². The Labute approximate surface area is 203 Å². The highest BCUT2D eigenvalue weighted by molar-refractivity contribution is 6.04. The highest BCUT2D eigenvalue weighted by Gasteiger charge is 2.40. The van der Waals surface area contributed by atoms with Crippen LogP contribution in [0.1, 0.15) is 79.3 Å². The smallest absolute Gasteiger partial charge is 0.122 e. The highest BCUT2D eigenvalue weighted by Crippen LogP contribution is 2.55. The standard InChI is InChI=1S/C31H35N3/c1-18(2)5-6-21-13-25(14-22-9-10-24(31(32)33)16-26(21)22)28-17-27(28)23-8-7-20-11-12-34-30(19(3)4)29(20)15-23/h5-10,13-16,18-19,27-28H,11-12,17H2,1-4H3,(H3,32,33). The zero-order valence-electron chi connectivity index (χ0n) is 20.7. The Morgan fingerprint density at radius 1 is 1.00 bits per heavy atom. The van der Waals surface area contributed by atoms with Gasteiger partial charge in [0.15, 0.2) is 0 Å². The zero-order valence-corrected chi connectivity index (χ0v) is 20.7. The molecule has 1 fully saturated rings. The molecular weight excluding hydrogens is 414 g/mol. The van der Waals surface area contributed by atoms with E-state index in [1.807, 2.05) is 6.07 Å². The maximum Gasteiger partial charge on any atom is 0.122 e. The first-order valence-corrected chi connectivity index (χ1v) is 12.6. The van der Waals surface area contributed by atoms with Crippen molar-refractivity contribution in [3.05, 3.63) is 88.0 Å². The van der Waals surface area contributed by atoms with E-state index in [0.29, 0.717) is 23.7 Å². The number of hydrogen-bond acceptors (Lipinski definition) is 2. The Kier molecular flexibility index (Phi) is 5.89. The van der Waals surface area contributed by atoms with Gasteiger partial charge in [-0.2, -0.15) is 0 Å². The quantitative estimate of drug-likeness (QED) is 0.307. The first-order valence-electron chi connectivity index (χ1n) is 12.6. The largest absolute Gasteiger partial charge is 0.384 e. The van der Waals surface area contributed by atoms with Gasteiger partial charge in [0.25, 0.3) is 0 Å². The van der Waals surface area contributed by atoms with E-state index < -0.39 is 0 Å². The SMILES string of the molecule is CC(C)C=Cc1cc(C2CC2c2ccc3c(c2)C(C(C)C)=NCC3)cc2ccc(C(=N)N)cc12.